The molecule has 18 heavy (non-hydrogen) atoms. The van der Waals surface area contributed by atoms with E-state index in [-0.39, 0.29) is 5.91 Å². The Labute approximate surface area is 107 Å². The van der Waals surface area contributed by atoms with Crippen LogP contribution in [0.3, 0.4) is 0 Å². The fourth-order valence-corrected chi connectivity index (χ4v) is 2.62. The predicted molar refractivity (Wildman–Crippen MR) is 68.9 cm³/mol. The van der Waals surface area contributed by atoms with Crippen molar-refractivity contribution in [3.8, 4) is 0 Å². The van der Waals surface area contributed by atoms with Crippen LogP contribution in [0.4, 0.5) is 0 Å². The number of likely N-dealkylation sites (tertiary alicyclic amines) is 2. The molecule has 0 aliphatic carbocycles. The third kappa shape index (κ3) is 2.34. The summed E-state index contributed by atoms with van der Waals surface area (Å²) in [4.78, 5) is 16.3. The van der Waals surface area contributed by atoms with Crippen molar-refractivity contribution < 1.29 is 9.21 Å². The second kappa shape index (κ2) is 4.98. The standard InChI is InChI=1S/C14H18N2O2/c17-14(6-5-13-4-3-9-18-13)16-10-12(11-16)15-7-1-2-8-15/h3-6,9,12H,1-2,7-8,10-11H2. The van der Waals surface area contributed by atoms with Crippen LogP contribution in [0.1, 0.15) is 18.6 Å². The van der Waals surface area contributed by atoms with Gasteiger partial charge in [-0.3, -0.25) is 9.69 Å². The summed E-state index contributed by atoms with van der Waals surface area (Å²) in [5.41, 5.74) is 0. The zero-order chi connectivity index (χ0) is 12.4. The molecule has 2 saturated heterocycles. The molecule has 4 heteroatoms. The number of rotatable bonds is 3. The first kappa shape index (κ1) is 11.5. The van der Waals surface area contributed by atoms with Gasteiger partial charge in [-0.15, -0.1) is 0 Å². The molecule has 0 unspecified atom stereocenters. The van der Waals surface area contributed by atoms with Gasteiger partial charge in [0.2, 0.25) is 5.91 Å². The lowest BCUT2D eigenvalue weighted by molar-refractivity contribution is -0.132. The topological polar surface area (TPSA) is 36.7 Å². The number of hydrogen-bond donors (Lipinski definition) is 0. The van der Waals surface area contributed by atoms with Gasteiger partial charge >= 0.3 is 0 Å². The summed E-state index contributed by atoms with van der Waals surface area (Å²) >= 11 is 0. The van der Waals surface area contributed by atoms with Crippen LogP contribution >= 0.6 is 0 Å². The van der Waals surface area contributed by atoms with E-state index in [4.69, 9.17) is 4.42 Å². The molecule has 0 saturated carbocycles. The Kier molecular flexibility index (Phi) is 3.19. The van der Waals surface area contributed by atoms with Gasteiger partial charge in [0.1, 0.15) is 5.76 Å². The Morgan fingerprint density at radius 2 is 2.11 bits per heavy atom. The van der Waals surface area contributed by atoms with Gasteiger partial charge in [0.05, 0.1) is 6.26 Å². The van der Waals surface area contributed by atoms with Crippen molar-refractivity contribution in [1.29, 1.82) is 0 Å². The van der Waals surface area contributed by atoms with Crippen LogP contribution in [-0.2, 0) is 4.79 Å². The molecular formula is C14H18N2O2. The first-order chi connectivity index (χ1) is 8.83. The molecule has 2 aliphatic heterocycles. The summed E-state index contributed by atoms with van der Waals surface area (Å²) in [6, 6.07) is 4.25. The van der Waals surface area contributed by atoms with E-state index in [1.165, 1.54) is 25.9 Å². The largest absolute Gasteiger partial charge is 0.465 e. The van der Waals surface area contributed by atoms with Gasteiger partial charge in [-0.05, 0) is 44.1 Å². The molecule has 1 amide bonds. The number of carbonyl (C=O) groups excluding carboxylic acids is 1. The molecule has 3 heterocycles. The van der Waals surface area contributed by atoms with Gasteiger partial charge < -0.3 is 9.32 Å². The van der Waals surface area contributed by atoms with E-state index in [2.05, 4.69) is 4.90 Å². The Hall–Kier alpha value is -1.55. The van der Waals surface area contributed by atoms with E-state index >= 15 is 0 Å². The molecule has 0 radical (unpaired) electrons. The van der Waals surface area contributed by atoms with Crippen LogP contribution in [0.5, 0.6) is 0 Å². The maximum absolute atomic E-state index is 11.9. The summed E-state index contributed by atoms with van der Waals surface area (Å²) in [7, 11) is 0. The average molecular weight is 246 g/mol. The lowest BCUT2D eigenvalue weighted by Gasteiger charge is -2.43. The normalized spacial score (nSPS) is 21.7. The van der Waals surface area contributed by atoms with E-state index in [9.17, 15) is 4.79 Å². The van der Waals surface area contributed by atoms with Crippen molar-refractivity contribution in [2.75, 3.05) is 26.2 Å². The molecule has 0 N–H and O–H groups in total. The van der Waals surface area contributed by atoms with Gasteiger partial charge in [0.25, 0.3) is 0 Å². The first-order valence-electron chi connectivity index (χ1n) is 6.57. The van der Waals surface area contributed by atoms with Gasteiger partial charge in [-0.2, -0.15) is 0 Å². The van der Waals surface area contributed by atoms with Gasteiger partial charge in [-0.1, -0.05) is 0 Å². The van der Waals surface area contributed by atoms with Crippen molar-refractivity contribution in [3.63, 3.8) is 0 Å². The van der Waals surface area contributed by atoms with Crippen LogP contribution in [0.25, 0.3) is 6.08 Å². The minimum absolute atomic E-state index is 0.0850. The zero-order valence-electron chi connectivity index (χ0n) is 10.4. The van der Waals surface area contributed by atoms with E-state index < -0.39 is 0 Å². The Balaban J connectivity index is 1.47. The average Bonchev–Trinajstić information content (AvgIpc) is 2.97. The van der Waals surface area contributed by atoms with Crippen LogP contribution in [-0.4, -0.2) is 47.9 Å². The fraction of sp³-hybridized carbons (Fsp3) is 0.500. The van der Waals surface area contributed by atoms with Crippen LogP contribution in [0.2, 0.25) is 0 Å². The highest BCUT2D eigenvalue weighted by atomic mass is 16.3. The van der Waals surface area contributed by atoms with Gasteiger partial charge in [-0.25, -0.2) is 0 Å². The minimum Gasteiger partial charge on any atom is -0.465 e. The quantitative estimate of drug-likeness (QED) is 0.760. The summed E-state index contributed by atoms with van der Waals surface area (Å²) < 4.78 is 5.15. The van der Waals surface area contributed by atoms with Gasteiger partial charge in [0.15, 0.2) is 0 Å². The van der Waals surface area contributed by atoms with Crippen LogP contribution < -0.4 is 0 Å². The maximum Gasteiger partial charge on any atom is 0.246 e. The lowest BCUT2D eigenvalue weighted by Crippen LogP contribution is -2.60. The van der Waals surface area contributed by atoms with Crippen LogP contribution in [0.15, 0.2) is 28.9 Å². The van der Waals surface area contributed by atoms with E-state index in [1.54, 1.807) is 18.4 Å². The number of nitrogens with zero attached hydrogens (tertiary/aromatic N) is 2. The van der Waals surface area contributed by atoms with E-state index in [1.807, 2.05) is 17.0 Å². The maximum atomic E-state index is 11.9. The second-order valence-corrected chi connectivity index (χ2v) is 4.99. The van der Waals surface area contributed by atoms with Crippen molar-refractivity contribution in [2.24, 2.45) is 0 Å². The molecule has 96 valence electrons. The molecule has 0 bridgehead atoms. The Morgan fingerprint density at radius 1 is 1.33 bits per heavy atom. The third-order valence-corrected chi connectivity index (χ3v) is 3.76. The molecular weight excluding hydrogens is 228 g/mol. The van der Waals surface area contributed by atoms with Crippen molar-refractivity contribution >= 4 is 12.0 Å². The first-order valence-corrected chi connectivity index (χ1v) is 6.57. The number of amides is 1. The second-order valence-electron chi connectivity index (χ2n) is 4.99. The monoisotopic (exact) mass is 246 g/mol. The molecule has 0 atom stereocenters. The Morgan fingerprint density at radius 3 is 2.78 bits per heavy atom. The molecule has 3 rings (SSSR count). The van der Waals surface area contributed by atoms with Crippen molar-refractivity contribution in [2.45, 2.75) is 18.9 Å². The predicted octanol–water partition coefficient (Wildman–Crippen LogP) is 1.60. The van der Waals surface area contributed by atoms with Crippen molar-refractivity contribution in [3.05, 3.63) is 30.2 Å². The van der Waals surface area contributed by atoms with Crippen molar-refractivity contribution in [1.82, 2.24) is 9.80 Å². The summed E-state index contributed by atoms with van der Waals surface area (Å²) in [6.45, 7) is 4.16. The lowest BCUT2D eigenvalue weighted by atomic mass is 10.1. The SMILES string of the molecule is O=C(C=Cc1ccco1)N1CC(N2CCCC2)C1. The fourth-order valence-electron chi connectivity index (χ4n) is 2.62. The number of carbonyl (C=O) groups is 1. The molecule has 1 aromatic heterocycles. The molecule has 2 fully saturated rings. The number of hydrogen-bond acceptors (Lipinski definition) is 3. The number of furan rings is 1. The molecule has 2 aliphatic rings. The minimum atomic E-state index is 0.0850. The highest BCUT2D eigenvalue weighted by Crippen LogP contribution is 2.20. The van der Waals surface area contributed by atoms with Gasteiger partial charge in [0, 0.05) is 25.2 Å². The molecule has 0 aromatic carbocycles. The zero-order valence-corrected chi connectivity index (χ0v) is 10.4. The highest BCUT2D eigenvalue weighted by molar-refractivity contribution is 5.92. The molecule has 4 nitrogen and oxygen atoms in total. The van der Waals surface area contributed by atoms with Crippen LogP contribution in [0, 0.1) is 0 Å². The highest BCUT2D eigenvalue weighted by Gasteiger charge is 2.34. The smallest absolute Gasteiger partial charge is 0.246 e. The summed E-state index contributed by atoms with van der Waals surface area (Å²) in [5, 5.41) is 0. The molecule has 1 aromatic rings. The summed E-state index contributed by atoms with van der Waals surface area (Å²) in [6.07, 6.45) is 7.55. The summed E-state index contributed by atoms with van der Waals surface area (Å²) in [5.74, 6) is 0.807. The third-order valence-electron chi connectivity index (χ3n) is 3.76. The molecule has 0 spiro atoms. The van der Waals surface area contributed by atoms with E-state index in [0.29, 0.717) is 6.04 Å². The van der Waals surface area contributed by atoms with E-state index in [0.717, 1.165) is 18.8 Å². The Bertz CT molecular complexity index is 427.